The molecule has 0 bridgehead atoms. The van der Waals surface area contributed by atoms with Gasteiger partial charge in [0, 0.05) is 11.0 Å². The number of carboxylic acids is 1. The van der Waals surface area contributed by atoms with Gasteiger partial charge < -0.3 is 20.4 Å². The number of allylic oxidation sites excluding steroid dienone is 3. The zero-order valence-corrected chi connectivity index (χ0v) is 22.0. The number of fused-ring (bicyclic) bond motifs is 5. The molecule has 192 valence electrons. The molecule has 0 radical (unpaired) electrons. The maximum atomic E-state index is 12.3. The molecule has 0 saturated heterocycles. The smallest absolute Gasteiger partial charge is 0.331 e. The monoisotopic (exact) mass is 474 g/mol. The Morgan fingerprint density at radius 3 is 2.35 bits per heavy atom. The first-order chi connectivity index (χ1) is 15.8. The van der Waals surface area contributed by atoms with Crippen molar-refractivity contribution in [3.8, 4) is 0 Å². The summed E-state index contributed by atoms with van der Waals surface area (Å²) >= 11 is 0. The Morgan fingerprint density at radius 2 is 1.74 bits per heavy atom. The van der Waals surface area contributed by atoms with Crippen molar-refractivity contribution >= 4 is 5.97 Å². The highest BCUT2D eigenvalue weighted by molar-refractivity contribution is 5.87. The van der Waals surface area contributed by atoms with E-state index in [9.17, 15) is 25.2 Å². The molecule has 34 heavy (non-hydrogen) atoms. The lowest BCUT2D eigenvalue weighted by molar-refractivity contribution is -0.272. The minimum atomic E-state index is -0.838. The molecule has 0 aromatic heterocycles. The molecule has 10 atom stereocenters. The van der Waals surface area contributed by atoms with E-state index in [2.05, 4.69) is 33.8 Å². The third-order valence-electron chi connectivity index (χ3n) is 11.4. The van der Waals surface area contributed by atoms with Crippen LogP contribution in [0.15, 0.2) is 22.8 Å². The fourth-order valence-electron chi connectivity index (χ4n) is 9.42. The number of carboxylic acid groups (broad SMARTS) is 1. The van der Waals surface area contributed by atoms with E-state index >= 15 is 0 Å². The van der Waals surface area contributed by atoms with Crippen molar-refractivity contribution in [2.24, 2.45) is 39.9 Å². The molecule has 5 heteroatoms. The summed E-state index contributed by atoms with van der Waals surface area (Å²) in [5.41, 5.74) is 1.79. The van der Waals surface area contributed by atoms with Crippen LogP contribution in [0.3, 0.4) is 0 Å². The molecule has 10 unspecified atom stereocenters. The second kappa shape index (κ2) is 8.74. The summed E-state index contributed by atoms with van der Waals surface area (Å²) in [6.45, 7) is 12.9. The Labute approximate surface area is 205 Å². The van der Waals surface area contributed by atoms with Crippen LogP contribution in [0, 0.1) is 39.9 Å². The van der Waals surface area contributed by atoms with Crippen LogP contribution in [0.4, 0.5) is 0 Å². The molecule has 0 amide bonds. The molecule has 4 rings (SSSR count). The lowest BCUT2D eigenvalue weighted by Crippen LogP contribution is -2.70. The number of aliphatic carboxylic acids is 1. The summed E-state index contributed by atoms with van der Waals surface area (Å²) in [6, 6.07) is 0. The molecule has 4 N–H and O–H groups in total. The summed E-state index contributed by atoms with van der Waals surface area (Å²) < 4.78 is 0. The third-order valence-corrected chi connectivity index (χ3v) is 11.4. The van der Waals surface area contributed by atoms with E-state index in [1.807, 2.05) is 13.8 Å². The standard InChI is InChI=1S/C29H46O5/c1-16(2)8-7-9-19(26(33)34)18-10-13-28(5)21(18)14-23(31)25-27(4)12-11-22(30)17(3)20(27)15-24(32)29(25,28)6/h8,17,20-25,30-32H,7,9-15H2,1-6H3,(H,33,34). The van der Waals surface area contributed by atoms with Crippen molar-refractivity contribution in [2.75, 3.05) is 0 Å². The van der Waals surface area contributed by atoms with Gasteiger partial charge in [0.25, 0.3) is 0 Å². The van der Waals surface area contributed by atoms with E-state index in [1.165, 1.54) is 5.57 Å². The Bertz CT molecular complexity index is 887. The van der Waals surface area contributed by atoms with Gasteiger partial charge in [-0.05, 0) is 99.7 Å². The summed E-state index contributed by atoms with van der Waals surface area (Å²) in [4.78, 5) is 12.3. The minimum absolute atomic E-state index is 0.0250. The largest absolute Gasteiger partial charge is 0.478 e. The Hall–Kier alpha value is -1.17. The highest BCUT2D eigenvalue weighted by atomic mass is 16.4. The first-order valence-corrected chi connectivity index (χ1v) is 13.4. The van der Waals surface area contributed by atoms with Crippen molar-refractivity contribution in [1.82, 2.24) is 0 Å². The molecule has 4 aliphatic rings. The molecule has 0 aromatic rings. The summed E-state index contributed by atoms with van der Waals surface area (Å²) in [6.07, 6.45) is 6.18. The van der Waals surface area contributed by atoms with Gasteiger partial charge in [-0.25, -0.2) is 4.79 Å². The first kappa shape index (κ1) is 25.9. The van der Waals surface area contributed by atoms with Crippen LogP contribution in [-0.4, -0.2) is 44.7 Å². The number of carbonyl (C=O) groups is 1. The number of hydrogen-bond acceptors (Lipinski definition) is 4. The lowest BCUT2D eigenvalue weighted by Gasteiger charge is -2.70. The molecule has 4 fully saturated rings. The first-order valence-electron chi connectivity index (χ1n) is 13.4. The minimum Gasteiger partial charge on any atom is -0.478 e. The van der Waals surface area contributed by atoms with Crippen molar-refractivity contribution in [3.63, 3.8) is 0 Å². The van der Waals surface area contributed by atoms with E-state index in [0.717, 1.165) is 31.3 Å². The van der Waals surface area contributed by atoms with E-state index in [4.69, 9.17) is 0 Å². The number of aliphatic hydroxyl groups excluding tert-OH is 3. The van der Waals surface area contributed by atoms with Crippen LogP contribution in [-0.2, 0) is 4.79 Å². The number of rotatable bonds is 4. The van der Waals surface area contributed by atoms with Crippen LogP contribution in [0.25, 0.3) is 0 Å². The van der Waals surface area contributed by atoms with Crippen molar-refractivity contribution in [2.45, 2.75) is 111 Å². The van der Waals surface area contributed by atoms with Gasteiger partial charge in [0.2, 0.25) is 0 Å². The van der Waals surface area contributed by atoms with Crippen LogP contribution in [0.2, 0.25) is 0 Å². The fourth-order valence-corrected chi connectivity index (χ4v) is 9.42. The average Bonchev–Trinajstić information content (AvgIpc) is 3.08. The molecular weight excluding hydrogens is 428 g/mol. The highest BCUT2D eigenvalue weighted by Crippen LogP contribution is 2.74. The topological polar surface area (TPSA) is 98.0 Å². The van der Waals surface area contributed by atoms with Gasteiger partial charge in [-0.3, -0.25) is 0 Å². The van der Waals surface area contributed by atoms with Crippen LogP contribution in [0.5, 0.6) is 0 Å². The van der Waals surface area contributed by atoms with Gasteiger partial charge in [-0.15, -0.1) is 0 Å². The van der Waals surface area contributed by atoms with Gasteiger partial charge in [0.05, 0.1) is 18.3 Å². The molecule has 0 spiro atoms. The molecule has 5 nitrogen and oxygen atoms in total. The molecule has 0 heterocycles. The predicted octanol–water partition coefficient (Wildman–Crippen LogP) is 5.10. The normalized spacial score (nSPS) is 49.5. The Balaban J connectivity index is 1.77. The van der Waals surface area contributed by atoms with Gasteiger partial charge >= 0.3 is 5.97 Å². The van der Waals surface area contributed by atoms with Gasteiger partial charge in [-0.2, -0.15) is 0 Å². The summed E-state index contributed by atoms with van der Waals surface area (Å²) in [5, 5.41) is 44.2. The van der Waals surface area contributed by atoms with Gasteiger partial charge in [-0.1, -0.05) is 44.9 Å². The predicted molar refractivity (Wildman–Crippen MR) is 133 cm³/mol. The van der Waals surface area contributed by atoms with Crippen LogP contribution < -0.4 is 0 Å². The molecule has 0 aliphatic heterocycles. The number of hydrogen-bond donors (Lipinski definition) is 4. The van der Waals surface area contributed by atoms with E-state index in [1.54, 1.807) is 0 Å². The van der Waals surface area contributed by atoms with Gasteiger partial charge in [0.15, 0.2) is 0 Å². The van der Waals surface area contributed by atoms with Crippen LogP contribution >= 0.6 is 0 Å². The SMILES string of the molecule is CC(C)=CCCC(C(=O)O)=C1CCC2(C)C1CC(O)C1C3(C)CCC(O)C(C)C3CC(O)C12C. The van der Waals surface area contributed by atoms with Crippen molar-refractivity contribution < 1.29 is 25.2 Å². The molecular formula is C29H46O5. The maximum absolute atomic E-state index is 12.3. The maximum Gasteiger partial charge on any atom is 0.331 e. The van der Waals surface area contributed by atoms with Crippen molar-refractivity contribution in [3.05, 3.63) is 22.8 Å². The third kappa shape index (κ3) is 3.56. The number of aliphatic hydroxyl groups is 3. The second-order valence-electron chi connectivity index (χ2n) is 13.0. The zero-order valence-electron chi connectivity index (χ0n) is 22.0. The quantitative estimate of drug-likeness (QED) is 0.336. The van der Waals surface area contributed by atoms with E-state index in [0.29, 0.717) is 31.3 Å². The van der Waals surface area contributed by atoms with E-state index < -0.39 is 23.6 Å². The zero-order chi connectivity index (χ0) is 25.2. The summed E-state index contributed by atoms with van der Waals surface area (Å²) in [7, 11) is 0. The Kier molecular flexibility index (Phi) is 6.66. The van der Waals surface area contributed by atoms with Gasteiger partial charge in [0.1, 0.15) is 0 Å². The van der Waals surface area contributed by atoms with Crippen LogP contribution in [0.1, 0.15) is 92.9 Å². The summed E-state index contributed by atoms with van der Waals surface area (Å²) in [5.74, 6) is -0.654. The average molecular weight is 475 g/mol. The molecule has 0 aromatic carbocycles. The highest BCUT2D eigenvalue weighted by Gasteiger charge is 2.72. The second-order valence-corrected chi connectivity index (χ2v) is 13.0. The lowest BCUT2D eigenvalue weighted by atomic mass is 9.35. The fraction of sp³-hybridized carbons (Fsp3) is 0.828. The Morgan fingerprint density at radius 1 is 1.06 bits per heavy atom. The molecule has 4 aliphatic carbocycles. The van der Waals surface area contributed by atoms with E-state index in [-0.39, 0.29) is 40.6 Å². The molecule has 4 saturated carbocycles. The van der Waals surface area contributed by atoms with Crippen molar-refractivity contribution in [1.29, 1.82) is 0 Å².